The number of likely N-dealkylation sites (N-methyl/N-ethyl adjacent to an activating group) is 1. The molecular weight excluding hydrogens is 256 g/mol. The van der Waals surface area contributed by atoms with Crippen molar-refractivity contribution in [3.63, 3.8) is 0 Å². The first-order valence-electron chi connectivity index (χ1n) is 6.75. The lowest BCUT2D eigenvalue weighted by Gasteiger charge is -2.30. The highest BCUT2D eigenvalue weighted by Crippen LogP contribution is 2.20. The third kappa shape index (κ3) is 3.61. The Labute approximate surface area is 119 Å². The average Bonchev–Trinajstić information content (AvgIpc) is 2.45. The molecule has 0 aromatic heterocycles. The van der Waals surface area contributed by atoms with Gasteiger partial charge in [0.15, 0.2) is 0 Å². The van der Waals surface area contributed by atoms with Gasteiger partial charge in [0.25, 0.3) is 5.91 Å². The van der Waals surface area contributed by atoms with E-state index in [2.05, 4.69) is 22.6 Å². The van der Waals surface area contributed by atoms with Gasteiger partial charge in [-0.3, -0.25) is 4.79 Å². The van der Waals surface area contributed by atoms with Crippen molar-refractivity contribution in [3.05, 3.63) is 23.8 Å². The molecule has 1 atom stereocenters. The Balaban J connectivity index is 1.99. The Hall–Kier alpha value is -1.79. The number of nitrogens with zero attached hydrogens (tertiary/aromatic N) is 1. The van der Waals surface area contributed by atoms with Crippen molar-refractivity contribution >= 4 is 17.3 Å². The summed E-state index contributed by atoms with van der Waals surface area (Å²) in [4.78, 5) is 13.9. The molecular formula is C14H22N4O2. The molecule has 0 saturated carbocycles. The molecule has 1 amide bonds. The number of carbonyl (C=O) groups excluding carboxylic acids is 1. The molecule has 0 spiro atoms. The minimum atomic E-state index is -0.123. The fourth-order valence-corrected chi connectivity index (χ4v) is 2.21. The van der Waals surface area contributed by atoms with E-state index in [9.17, 15) is 4.79 Å². The Morgan fingerprint density at radius 2 is 2.35 bits per heavy atom. The molecule has 4 N–H and O–H groups in total. The van der Waals surface area contributed by atoms with E-state index in [-0.39, 0.29) is 12.0 Å². The van der Waals surface area contributed by atoms with Crippen LogP contribution in [0.1, 0.15) is 10.4 Å². The third-order valence-corrected chi connectivity index (χ3v) is 3.40. The number of ether oxygens (including phenoxy) is 1. The number of amides is 1. The number of nitrogen functional groups attached to an aromatic ring is 1. The van der Waals surface area contributed by atoms with Crippen LogP contribution < -0.4 is 16.4 Å². The quantitative estimate of drug-likeness (QED) is 0.694. The number of nitrogens with two attached hydrogens (primary N) is 1. The standard InChI is InChI=1S/C14H22N4O2/c1-16-14(19)10-3-4-12(15)13(7-10)17-8-11-9-18(2)5-6-20-11/h3-4,7,11,17H,5-6,8-9,15H2,1-2H3,(H,16,19). The van der Waals surface area contributed by atoms with Gasteiger partial charge in [-0.2, -0.15) is 0 Å². The Kier molecular flexibility index (Phi) is 4.81. The molecule has 0 bridgehead atoms. The number of morpholine rings is 1. The number of benzene rings is 1. The SMILES string of the molecule is CNC(=O)c1ccc(N)c(NCC2CN(C)CCO2)c1. The van der Waals surface area contributed by atoms with Crippen LogP contribution in [0.3, 0.4) is 0 Å². The Bertz CT molecular complexity index is 478. The molecule has 1 fully saturated rings. The fourth-order valence-electron chi connectivity index (χ4n) is 2.21. The first-order chi connectivity index (χ1) is 9.60. The van der Waals surface area contributed by atoms with Crippen LogP contribution in [0.15, 0.2) is 18.2 Å². The van der Waals surface area contributed by atoms with E-state index < -0.39 is 0 Å². The molecule has 20 heavy (non-hydrogen) atoms. The fraction of sp³-hybridized carbons (Fsp3) is 0.500. The number of anilines is 2. The smallest absolute Gasteiger partial charge is 0.251 e. The second-order valence-electron chi connectivity index (χ2n) is 5.02. The first-order valence-corrected chi connectivity index (χ1v) is 6.75. The van der Waals surface area contributed by atoms with E-state index in [0.717, 1.165) is 25.4 Å². The van der Waals surface area contributed by atoms with Crippen LogP contribution in [0, 0.1) is 0 Å². The Morgan fingerprint density at radius 3 is 3.05 bits per heavy atom. The molecule has 1 saturated heterocycles. The van der Waals surface area contributed by atoms with Crippen LogP contribution in [0.2, 0.25) is 0 Å². The zero-order valence-corrected chi connectivity index (χ0v) is 12.0. The number of rotatable bonds is 4. The highest BCUT2D eigenvalue weighted by atomic mass is 16.5. The van der Waals surface area contributed by atoms with Crippen molar-refractivity contribution in [1.82, 2.24) is 10.2 Å². The average molecular weight is 278 g/mol. The number of carbonyl (C=O) groups is 1. The summed E-state index contributed by atoms with van der Waals surface area (Å²) in [6.45, 7) is 3.27. The van der Waals surface area contributed by atoms with E-state index in [1.165, 1.54) is 0 Å². The number of hydrogen-bond donors (Lipinski definition) is 3. The van der Waals surface area contributed by atoms with Gasteiger partial charge in [-0.05, 0) is 25.2 Å². The summed E-state index contributed by atoms with van der Waals surface area (Å²) >= 11 is 0. The van der Waals surface area contributed by atoms with E-state index in [1.807, 2.05) is 0 Å². The van der Waals surface area contributed by atoms with E-state index in [0.29, 0.717) is 17.8 Å². The molecule has 0 radical (unpaired) electrons. The van der Waals surface area contributed by atoms with E-state index in [4.69, 9.17) is 10.5 Å². The molecule has 6 nitrogen and oxygen atoms in total. The van der Waals surface area contributed by atoms with Gasteiger partial charge in [0, 0.05) is 32.2 Å². The summed E-state index contributed by atoms with van der Waals surface area (Å²) in [6.07, 6.45) is 0.136. The van der Waals surface area contributed by atoms with Crippen molar-refractivity contribution in [3.8, 4) is 0 Å². The normalized spacial score (nSPS) is 19.6. The summed E-state index contributed by atoms with van der Waals surface area (Å²) in [7, 11) is 3.69. The molecule has 1 aliphatic rings. The van der Waals surface area contributed by atoms with Gasteiger partial charge in [0.05, 0.1) is 24.1 Å². The van der Waals surface area contributed by atoms with Crippen molar-refractivity contribution in [2.45, 2.75) is 6.10 Å². The molecule has 1 unspecified atom stereocenters. The zero-order valence-electron chi connectivity index (χ0n) is 12.0. The van der Waals surface area contributed by atoms with Crippen molar-refractivity contribution in [1.29, 1.82) is 0 Å². The van der Waals surface area contributed by atoms with Crippen molar-refractivity contribution < 1.29 is 9.53 Å². The minimum Gasteiger partial charge on any atom is -0.397 e. The second kappa shape index (κ2) is 6.58. The number of hydrogen-bond acceptors (Lipinski definition) is 5. The molecule has 110 valence electrons. The van der Waals surface area contributed by atoms with Gasteiger partial charge < -0.3 is 26.0 Å². The monoisotopic (exact) mass is 278 g/mol. The summed E-state index contributed by atoms with van der Waals surface area (Å²) in [5.74, 6) is -0.123. The highest BCUT2D eigenvalue weighted by molar-refractivity contribution is 5.96. The van der Waals surface area contributed by atoms with Gasteiger partial charge >= 0.3 is 0 Å². The molecule has 1 aromatic carbocycles. The van der Waals surface area contributed by atoms with Crippen LogP contribution in [-0.2, 0) is 4.74 Å². The largest absolute Gasteiger partial charge is 0.397 e. The molecule has 1 aromatic rings. The van der Waals surface area contributed by atoms with Gasteiger partial charge in [-0.1, -0.05) is 0 Å². The summed E-state index contributed by atoms with van der Waals surface area (Å²) in [5, 5.41) is 5.87. The first kappa shape index (κ1) is 14.6. The van der Waals surface area contributed by atoms with Gasteiger partial charge in [0.2, 0.25) is 0 Å². The molecule has 2 rings (SSSR count). The molecule has 6 heteroatoms. The maximum Gasteiger partial charge on any atom is 0.251 e. The Morgan fingerprint density at radius 1 is 1.55 bits per heavy atom. The molecule has 1 heterocycles. The minimum absolute atomic E-state index is 0.123. The summed E-state index contributed by atoms with van der Waals surface area (Å²) in [5.41, 5.74) is 7.91. The van der Waals surface area contributed by atoms with Crippen LogP contribution in [0.4, 0.5) is 11.4 Å². The van der Waals surface area contributed by atoms with Crippen molar-refractivity contribution in [2.24, 2.45) is 0 Å². The highest BCUT2D eigenvalue weighted by Gasteiger charge is 2.17. The molecule has 0 aliphatic carbocycles. The predicted octanol–water partition coefficient (Wildman–Crippen LogP) is 0.371. The lowest BCUT2D eigenvalue weighted by molar-refractivity contribution is -0.0117. The zero-order chi connectivity index (χ0) is 14.5. The van der Waals surface area contributed by atoms with Crippen LogP contribution in [0.25, 0.3) is 0 Å². The van der Waals surface area contributed by atoms with Crippen molar-refractivity contribution in [2.75, 3.05) is 51.4 Å². The van der Waals surface area contributed by atoms with Gasteiger partial charge in [-0.15, -0.1) is 0 Å². The van der Waals surface area contributed by atoms with Gasteiger partial charge in [0.1, 0.15) is 0 Å². The third-order valence-electron chi connectivity index (χ3n) is 3.40. The predicted molar refractivity (Wildman–Crippen MR) is 80.0 cm³/mol. The summed E-state index contributed by atoms with van der Waals surface area (Å²) < 4.78 is 5.68. The van der Waals surface area contributed by atoms with E-state index >= 15 is 0 Å². The molecule has 1 aliphatic heterocycles. The van der Waals surface area contributed by atoms with Crippen LogP contribution >= 0.6 is 0 Å². The lowest BCUT2D eigenvalue weighted by Crippen LogP contribution is -2.43. The lowest BCUT2D eigenvalue weighted by atomic mass is 10.1. The maximum absolute atomic E-state index is 11.6. The van der Waals surface area contributed by atoms with E-state index in [1.54, 1.807) is 25.2 Å². The van der Waals surface area contributed by atoms with Crippen LogP contribution in [0.5, 0.6) is 0 Å². The topological polar surface area (TPSA) is 79.6 Å². The second-order valence-corrected chi connectivity index (χ2v) is 5.02. The number of nitrogens with one attached hydrogen (secondary N) is 2. The van der Waals surface area contributed by atoms with Gasteiger partial charge in [-0.25, -0.2) is 0 Å². The maximum atomic E-state index is 11.6. The van der Waals surface area contributed by atoms with Crippen LogP contribution in [-0.4, -0.2) is 57.2 Å². The summed E-state index contributed by atoms with van der Waals surface area (Å²) in [6, 6.07) is 5.21.